The first-order chi connectivity index (χ1) is 6.85. The fraction of sp³-hybridized carbons (Fsp3) is 0.778. The van der Waals surface area contributed by atoms with E-state index in [1.54, 1.807) is 6.33 Å². The summed E-state index contributed by atoms with van der Waals surface area (Å²) >= 11 is 9.39. The van der Waals surface area contributed by atoms with E-state index in [4.69, 9.17) is 11.6 Å². The molecule has 0 N–H and O–H groups in total. The molecule has 1 saturated carbocycles. The molecule has 78 valence electrons. The van der Waals surface area contributed by atoms with E-state index in [-0.39, 0.29) is 4.75 Å². The molecule has 0 atom stereocenters. The molecule has 1 aliphatic carbocycles. The summed E-state index contributed by atoms with van der Waals surface area (Å²) in [6.45, 7) is 0. The number of hydrogen-bond acceptors (Lipinski definition) is 4. The first-order valence-electron chi connectivity index (χ1n) is 4.86. The lowest BCUT2D eigenvalue weighted by Gasteiger charge is -2.33. The van der Waals surface area contributed by atoms with Crippen LogP contribution < -0.4 is 0 Å². The van der Waals surface area contributed by atoms with Gasteiger partial charge in [-0.05, 0) is 24.4 Å². The maximum atomic E-state index is 6.09. The van der Waals surface area contributed by atoms with Crippen molar-refractivity contribution in [2.75, 3.05) is 5.88 Å². The van der Waals surface area contributed by atoms with Crippen molar-refractivity contribution in [3.05, 3.63) is 6.33 Å². The van der Waals surface area contributed by atoms with Gasteiger partial charge in [-0.3, -0.25) is 0 Å². The Kier molecular flexibility index (Phi) is 3.68. The summed E-state index contributed by atoms with van der Waals surface area (Å²) < 4.78 is 5.32. The largest absolute Gasteiger partial charge is 0.216 e. The Labute approximate surface area is 97.6 Å². The Morgan fingerprint density at radius 1 is 1.43 bits per heavy atom. The molecule has 2 rings (SSSR count). The highest BCUT2D eigenvalue weighted by atomic mass is 35.5. The van der Waals surface area contributed by atoms with Crippen LogP contribution in [-0.4, -0.2) is 20.0 Å². The number of hydrogen-bond donors (Lipinski definition) is 0. The van der Waals surface area contributed by atoms with Crippen molar-refractivity contribution >= 4 is 34.9 Å². The molecule has 1 aromatic rings. The molecule has 0 radical (unpaired) electrons. The number of aromatic nitrogens is 2. The molecular formula is C9H13ClN2S2. The second-order valence-electron chi connectivity index (χ2n) is 3.69. The smallest absolute Gasteiger partial charge is 0.170 e. The van der Waals surface area contributed by atoms with Gasteiger partial charge >= 0.3 is 0 Å². The first-order valence-corrected chi connectivity index (χ1v) is 6.99. The summed E-state index contributed by atoms with van der Waals surface area (Å²) in [5, 5.41) is 0. The van der Waals surface area contributed by atoms with Gasteiger partial charge in [0.2, 0.25) is 0 Å². The van der Waals surface area contributed by atoms with E-state index in [9.17, 15) is 0 Å². The Morgan fingerprint density at radius 3 is 2.79 bits per heavy atom. The van der Waals surface area contributed by atoms with E-state index in [0.29, 0.717) is 0 Å². The molecular weight excluding hydrogens is 236 g/mol. The molecule has 1 heterocycles. The lowest BCUT2D eigenvalue weighted by atomic mass is 9.90. The van der Waals surface area contributed by atoms with Crippen LogP contribution in [0, 0.1) is 0 Å². The van der Waals surface area contributed by atoms with Gasteiger partial charge in [-0.2, -0.15) is 4.37 Å². The van der Waals surface area contributed by atoms with Crippen LogP contribution in [0.4, 0.5) is 0 Å². The van der Waals surface area contributed by atoms with E-state index in [2.05, 4.69) is 9.36 Å². The van der Waals surface area contributed by atoms with Crippen LogP contribution in [0.25, 0.3) is 0 Å². The van der Waals surface area contributed by atoms with Gasteiger partial charge in [-0.25, -0.2) is 4.98 Å². The fourth-order valence-corrected chi connectivity index (χ4v) is 4.39. The molecule has 1 aromatic heterocycles. The average Bonchev–Trinajstić information content (AvgIpc) is 2.72. The van der Waals surface area contributed by atoms with Gasteiger partial charge in [0.25, 0.3) is 0 Å². The molecule has 0 unspecified atom stereocenters. The van der Waals surface area contributed by atoms with Crippen molar-refractivity contribution in [1.29, 1.82) is 0 Å². The van der Waals surface area contributed by atoms with Crippen LogP contribution in [0.2, 0.25) is 0 Å². The quantitative estimate of drug-likeness (QED) is 0.765. The Morgan fingerprint density at radius 2 is 2.21 bits per heavy atom. The molecule has 1 aliphatic rings. The van der Waals surface area contributed by atoms with Crippen molar-refractivity contribution < 1.29 is 0 Å². The Balaban J connectivity index is 2.04. The molecule has 0 aliphatic heterocycles. The van der Waals surface area contributed by atoms with Crippen molar-refractivity contribution in [2.45, 2.75) is 41.2 Å². The molecule has 2 nitrogen and oxygen atoms in total. The molecule has 5 heteroatoms. The molecule has 0 spiro atoms. The van der Waals surface area contributed by atoms with Crippen molar-refractivity contribution in [2.24, 2.45) is 0 Å². The minimum absolute atomic E-state index is 0.235. The monoisotopic (exact) mass is 248 g/mol. The lowest BCUT2D eigenvalue weighted by Crippen LogP contribution is -2.29. The highest BCUT2D eigenvalue weighted by Gasteiger charge is 2.33. The maximum absolute atomic E-state index is 6.09. The van der Waals surface area contributed by atoms with Crippen LogP contribution in [0.5, 0.6) is 0 Å². The number of rotatable bonds is 3. The molecule has 0 amide bonds. The normalized spacial score (nSPS) is 20.9. The summed E-state index contributed by atoms with van der Waals surface area (Å²) in [7, 11) is 0. The zero-order valence-electron chi connectivity index (χ0n) is 7.91. The summed E-state index contributed by atoms with van der Waals surface area (Å²) in [6.07, 6.45) is 8.03. The third-order valence-electron chi connectivity index (χ3n) is 2.65. The van der Waals surface area contributed by atoms with E-state index in [0.717, 1.165) is 10.2 Å². The van der Waals surface area contributed by atoms with Crippen LogP contribution in [0.1, 0.15) is 32.1 Å². The average molecular weight is 249 g/mol. The van der Waals surface area contributed by atoms with Gasteiger partial charge in [0, 0.05) is 10.6 Å². The zero-order chi connectivity index (χ0) is 9.86. The lowest BCUT2D eigenvalue weighted by molar-refractivity contribution is 0.425. The van der Waals surface area contributed by atoms with Gasteiger partial charge < -0.3 is 0 Å². The molecule has 0 bridgehead atoms. The van der Waals surface area contributed by atoms with Crippen molar-refractivity contribution in [1.82, 2.24) is 9.36 Å². The summed E-state index contributed by atoms with van der Waals surface area (Å²) in [5.74, 6) is 0.733. The molecule has 0 saturated heterocycles. The van der Waals surface area contributed by atoms with E-state index in [1.165, 1.54) is 43.6 Å². The molecule has 1 fully saturated rings. The van der Waals surface area contributed by atoms with Gasteiger partial charge in [0.05, 0.1) is 0 Å². The summed E-state index contributed by atoms with van der Waals surface area (Å²) in [5.41, 5.74) is 0. The number of nitrogens with zero attached hydrogens (tertiary/aromatic N) is 2. The van der Waals surface area contributed by atoms with Gasteiger partial charge in [-0.15, -0.1) is 11.6 Å². The topological polar surface area (TPSA) is 25.8 Å². The van der Waals surface area contributed by atoms with Crippen LogP contribution >= 0.6 is 34.9 Å². The zero-order valence-corrected chi connectivity index (χ0v) is 10.3. The number of thioether (sulfide) groups is 1. The highest BCUT2D eigenvalue weighted by molar-refractivity contribution is 8.02. The van der Waals surface area contributed by atoms with Crippen molar-refractivity contribution in [3.63, 3.8) is 0 Å². The Bertz CT molecular complexity index is 270. The third kappa shape index (κ3) is 2.41. The van der Waals surface area contributed by atoms with Crippen molar-refractivity contribution in [3.8, 4) is 0 Å². The highest BCUT2D eigenvalue weighted by Crippen LogP contribution is 2.44. The number of halogens is 1. The van der Waals surface area contributed by atoms with Crippen LogP contribution in [0.15, 0.2) is 10.7 Å². The molecule has 14 heavy (non-hydrogen) atoms. The second kappa shape index (κ2) is 4.81. The second-order valence-corrected chi connectivity index (χ2v) is 6.45. The maximum Gasteiger partial charge on any atom is 0.170 e. The minimum Gasteiger partial charge on any atom is -0.216 e. The van der Waals surface area contributed by atoms with E-state index < -0.39 is 0 Å². The molecule has 0 aromatic carbocycles. The Hall–Kier alpha value is 0.200. The minimum atomic E-state index is 0.235. The SMILES string of the molecule is ClCC1(Sc2ncns2)CCCCC1. The van der Waals surface area contributed by atoms with Gasteiger partial charge in [-0.1, -0.05) is 31.0 Å². The fourth-order valence-electron chi connectivity index (χ4n) is 1.85. The predicted octanol–water partition coefficient (Wildman–Crippen LogP) is 3.57. The summed E-state index contributed by atoms with van der Waals surface area (Å²) in [4.78, 5) is 4.22. The van der Waals surface area contributed by atoms with Gasteiger partial charge in [0.15, 0.2) is 4.34 Å². The number of alkyl halides is 1. The summed E-state index contributed by atoms with van der Waals surface area (Å²) in [6, 6.07) is 0. The first kappa shape index (κ1) is 10.7. The predicted molar refractivity (Wildman–Crippen MR) is 62.3 cm³/mol. The van der Waals surface area contributed by atoms with Gasteiger partial charge in [0.1, 0.15) is 6.33 Å². The van der Waals surface area contributed by atoms with Crippen LogP contribution in [-0.2, 0) is 0 Å². The van der Waals surface area contributed by atoms with E-state index >= 15 is 0 Å². The third-order valence-corrected chi connectivity index (χ3v) is 5.52. The van der Waals surface area contributed by atoms with E-state index in [1.807, 2.05) is 11.8 Å². The van der Waals surface area contributed by atoms with Crippen LogP contribution in [0.3, 0.4) is 0 Å². The standard InChI is InChI=1S/C9H13ClN2S2/c10-6-9(4-2-1-3-5-9)13-8-11-7-12-14-8/h7H,1-6H2.